The maximum Gasteiger partial charge on any atom is 0.416 e. The first-order valence-corrected chi connectivity index (χ1v) is 12.1. The number of alkyl halides is 3. The average molecular weight is 495 g/mol. The minimum absolute atomic E-state index is 0.143. The molecule has 2 fully saturated rings. The van der Waals surface area contributed by atoms with Crippen molar-refractivity contribution in [2.24, 2.45) is 0 Å². The Morgan fingerprint density at radius 2 is 1.78 bits per heavy atom. The quantitative estimate of drug-likeness (QED) is 0.479. The molecular weight excluding hydrogens is 469 g/mol. The maximum absolute atomic E-state index is 13.6. The first-order valence-electron chi connectivity index (χ1n) is 12.1. The van der Waals surface area contributed by atoms with E-state index >= 15 is 0 Å². The highest BCUT2D eigenvalue weighted by molar-refractivity contribution is 5.91. The smallest absolute Gasteiger partial charge is 0.416 e. The van der Waals surface area contributed by atoms with Gasteiger partial charge in [0.05, 0.1) is 24.1 Å². The van der Waals surface area contributed by atoms with E-state index in [1.54, 1.807) is 6.20 Å². The van der Waals surface area contributed by atoms with Crippen LogP contribution in [0.3, 0.4) is 0 Å². The Bertz CT molecular complexity index is 1290. The predicted octanol–water partition coefficient (Wildman–Crippen LogP) is 5.37. The molecule has 186 valence electrons. The van der Waals surface area contributed by atoms with E-state index in [0.29, 0.717) is 31.0 Å². The highest BCUT2D eigenvalue weighted by atomic mass is 19.4. The van der Waals surface area contributed by atoms with E-state index in [-0.39, 0.29) is 12.5 Å². The standard InChI is InChI=1S/C28H25F3N2O3/c29-28(30,31)22-3-1-19(2-4-22)16-35-23-7-5-21(6-8-23)26(10-11-26)25(34)33-14-12-27(18-33)24-9-13-32-15-20(24)17-36-27/h1-9,13,15H,10-12,14,16-18H2. The van der Waals surface area contributed by atoms with E-state index in [1.165, 1.54) is 12.1 Å². The lowest BCUT2D eigenvalue weighted by Crippen LogP contribution is -2.40. The van der Waals surface area contributed by atoms with Crippen LogP contribution < -0.4 is 4.74 Å². The molecule has 1 atom stereocenters. The normalized spacial score (nSPS) is 22.0. The Labute approximate surface area is 206 Å². The number of benzene rings is 2. The number of pyridine rings is 1. The van der Waals surface area contributed by atoms with Gasteiger partial charge in [-0.3, -0.25) is 9.78 Å². The van der Waals surface area contributed by atoms with E-state index < -0.39 is 22.8 Å². The van der Waals surface area contributed by atoms with Gasteiger partial charge in [-0.2, -0.15) is 13.2 Å². The van der Waals surface area contributed by atoms with Crippen LogP contribution in [0.4, 0.5) is 13.2 Å². The Hall–Kier alpha value is -3.39. The number of amides is 1. The summed E-state index contributed by atoms with van der Waals surface area (Å²) in [6, 6.07) is 14.4. The summed E-state index contributed by atoms with van der Waals surface area (Å²) in [5, 5.41) is 0. The predicted molar refractivity (Wildman–Crippen MR) is 125 cm³/mol. The summed E-state index contributed by atoms with van der Waals surface area (Å²) in [5.41, 5.74) is 2.24. The number of nitrogens with zero attached hydrogens (tertiary/aromatic N) is 2. The number of hydrogen-bond acceptors (Lipinski definition) is 4. The second-order valence-electron chi connectivity index (χ2n) is 9.88. The number of carbonyl (C=O) groups is 1. The Kier molecular flexibility index (Phi) is 5.33. The number of hydrogen-bond donors (Lipinski definition) is 0. The van der Waals surface area contributed by atoms with Crippen LogP contribution >= 0.6 is 0 Å². The van der Waals surface area contributed by atoms with Crippen LogP contribution in [-0.4, -0.2) is 28.9 Å². The molecule has 2 aromatic carbocycles. The van der Waals surface area contributed by atoms with Gasteiger partial charge in [0.1, 0.15) is 18.0 Å². The van der Waals surface area contributed by atoms with Gasteiger partial charge in [-0.15, -0.1) is 0 Å². The monoisotopic (exact) mass is 494 g/mol. The molecule has 0 N–H and O–H groups in total. The lowest BCUT2D eigenvalue weighted by atomic mass is 9.92. The summed E-state index contributed by atoms with van der Waals surface area (Å²) in [6.07, 6.45) is 1.67. The van der Waals surface area contributed by atoms with Gasteiger partial charge >= 0.3 is 6.18 Å². The van der Waals surface area contributed by atoms with Crippen molar-refractivity contribution in [3.63, 3.8) is 0 Å². The van der Waals surface area contributed by atoms with E-state index in [4.69, 9.17) is 9.47 Å². The third-order valence-corrected chi connectivity index (χ3v) is 7.67. The zero-order valence-corrected chi connectivity index (χ0v) is 19.6. The van der Waals surface area contributed by atoms with Crippen molar-refractivity contribution in [1.82, 2.24) is 9.88 Å². The van der Waals surface area contributed by atoms with Crippen molar-refractivity contribution < 1.29 is 27.4 Å². The van der Waals surface area contributed by atoms with Gasteiger partial charge in [0.15, 0.2) is 0 Å². The van der Waals surface area contributed by atoms with Gasteiger partial charge in [-0.25, -0.2) is 0 Å². The van der Waals surface area contributed by atoms with E-state index in [1.807, 2.05) is 41.4 Å². The molecule has 1 unspecified atom stereocenters. The minimum Gasteiger partial charge on any atom is -0.489 e. The van der Waals surface area contributed by atoms with Crippen LogP contribution in [0.15, 0.2) is 67.0 Å². The summed E-state index contributed by atoms with van der Waals surface area (Å²) in [6.45, 7) is 1.91. The summed E-state index contributed by atoms with van der Waals surface area (Å²) in [5.74, 6) is 0.746. The number of ether oxygens (including phenoxy) is 2. The van der Waals surface area contributed by atoms with Crippen LogP contribution in [-0.2, 0) is 39.9 Å². The van der Waals surface area contributed by atoms with E-state index in [2.05, 4.69) is 4.98 Å². The van der Waals surface area contributed by atoms with Crippen molar-refractivity contribution in [1.29, 1.82) is 0 Å². The van der Waals surface area contributed by atoms with Gasteiger partial charge in [0, 0.05) is 24.5 Å². The number of carbonyl (C=O) groups excluding carboxylic acids is 1. The molecule has 1 amide bonds. The van der Waals surface area contributed by atoms with Gasteiger partial charge in [0.2, 0.25) is 5.91 Å². The van der Waals surface area contributed by atoms with Crippen LogP contribution in [0.5, 0.6) is 5.75 Å². The lowest BCUT2D eigenvalue weighted by molar-refractivity contribution is -0.137. The van der Waals surface area contributed by atoms with E-state index in [0.717, 1.165) is 48.1 Å². The first-order chi connectivity index (χ1) is 17.3. The number of rotatable bonds is 5. The Balaban J connectivity index is 1.10. The van der Waals surface area contributed by atoms with Crippen LogP contribution in [0, 0.1) is 0 Å². The van der Waals surface area contributed by atoms with Gasteiger partial charge in [0.25, 0.3) is 0 Å². The van der Waals surface area contributed by atoms with Crippen LogP contribution in [0.2, 0.25) is 0 Å². The maximum atomic E-state index is 13.6. The number of aromatic nitrogens is 1. The molecule has 3 aromatic rings. The topological polar surface area (TPSA) is 51.7 Å². The third kappa shape index (κ3) is 3.93. The van der Waals surface area contributed by atoms with E-state index in [9.17, 15) is 18.0 Å². The van der Waals surface area contributed by atoms with Gasteiger partial charge in [-0.1, -0.05) is 24.3 Å². The van der Waals surface area contributed by atoms with Gasteiger partial charge < -0.3 is 14.4 Å². The summed E-state index contributed by atoms with van der Waals surface area (Å²) in [7, 11) is 0. The fourth-order valence-corrected chi connectivity index (χ4v) is 5.45. The summed E-state index contributed by atoms with van der Waals surface area (Å²) in [4.78, 5) is 19.8. The fraction of sp³-hybridized carbons (Fsp3) is 0.357. The van der Waals surface area contributed by atoms with Crippen molar-refractivity contribution >= 4 is 5.91 Å². The molecule has 3 heterocycles. The number of halogens is 3. The van der Waals surface area contributed by atoms with Gasteiger partial charge in [-0.05, 0) is 66.3 Å². The number of fused-ring (bicyclic) bond motifs is 2. The zero-order valence-electron chi connectivity index (χ0n) is 19.6. The van der Waals surface area contributed by atoms with Crippen molar-refractivity contribution in [3.05, 3.63) is 94.8 Å². The molecule has 1 spiro atoms. The second kappa shape index (κ2) is 8.34. The summed E-state index contributed by atoms with van der Waals surface area (Å²) < 4.78 is 50.2. The molecular formula is C28H25F3N2O3. The molecule has 36 heavy (non-hydrogen) atoms. The highest BCUT2D eigenvalue weighted by Crippen LogP contribution is 2.52. The largest absolute Gasteiger partial charge is 0.489 e. The number of likely N-dealkylation sites (tertiary alicyclic amines) is 1. The molecule has 1 aromatic heterocycles. The van der Waals surface area contributed by atoms with Crippen molar-refractivity contribution in [3.8, 4) is 5.75 Å². The molecule has 1 saturated heterocycles. The molecule has 8 heteroatoms. The average Bonchev–Trinajstić information content (AvgIpc) is 3.47. The molecule has 1 aliphatic carbocycles. The molecule has 0 radical (unpaired) electrons. The molecule has 5 nitrogen and oxygen atoms in total. The molecule has 2 aliphatic heterocycles. The third-order valence-electron chi connectivity index (χ3n) is 7.67. The van der Waals surface area contributed by atoms with Crippen LogP contribution in [0.1, 0.15) is 47.1 Å². The second-order valence-corrected chi connectivity index (χ2v) is 9.88. The summed E-state index contributed by atoms with van der Waals surface area (Å²) >= 11 is 0. The fourth-order valence-electron chi connectivity index (χ4n) is 5.45. The minimum atomic E-state index is -4.35. The molecule has 1 saturated carbocycles. The Morgan fingerprint density at radius 1 is 1.03 bits per heavy atom. The SMILES string of the molecule is O=C(N1CCC2(C1)OCc1cnccc12)C1(c2ccc(OCc3ccc(C(F)(F)F)cc3)cc2)CC1. The first kappa shape index (κ1) is 23.0. The molecule has 0 bridgehead atoms. The molecule has 3 aliphatic rings. The Morgan fingerprint density at radius 3 is 2.47 bits per heavy atom. The highest BCUT2D eigenvalue weighted by Gasteiger charge is 2.56. The molecule has 6 rings (SSSR count). The van der Waals surface area contributed by atoms with Crippen molar-refractivity contribution in [2.45, 2.75) is 49.7 Å². The van der Waals surface area contributed by atoms with Crippen molar-refractivity contribution in [2.75, 3.05) is 13.1 Å². The zero-order chi connectivity index (χ0) is 25.0. The lowest BCUT2D eigenvalue weighted by Gasteiger charge is -2.27. The van der Waals surface area contributed by atoms with Crippen LogP contribution in [0.25, 0.3) is 0 Å².